The summed E-state index contributed by atoms with van der Waals surface area (Å²) >= 11 is 1.57. The van der Waals surface area contributed by atoms with E-state index in [0.29, 0.717) is 18.5 Å². The monoisotopic (exact) mass is 318 g/mol. The highest BCUT2D eigenvalue weighted by Crippen LogP contribution is 2.10. The third kappa shape index (κ3) is 4.53. The van der Waals surface area contributed by atoms with E-state index >= 15 is 0 Å². The summed E-state index contributed by atoms with van der Waals surface area (Å²) in [7, 11) is 0. The summed E-state index contributed by atoms with van der Waals surface area (Å²) in [6, 6.07) is 5.60. The first-order valence-electron chi connectivity index (χ1n) is 6.69. The average Bonchev–Trinajstić information content (AvgIpc) is 2.92. The Morgan fingerprint density at radius 1 is 1.45 bits per heavy atom. The van der Waals surface area contributed by atoms with Gasteiger partial charge in [0.05, 0.1) is 22.3 Å². The standard InChI is InChI=1S/C15H15FN4OS/c1-10-20-13(9-22-10)4-5-18-15(21)19-8-12-6-11(7-17)2-3-14(12)16/h2-3,6,9H,4-5,8H2,1H3,(H2,18,19,21). The zero-order valence-electron chi connectivity index (χ0n) is 12.0. The van der Waals surface area contributed by atoms with Gasteiger partial charge < -0.3 is 10.6 Å². The van der Waals surface area contributed by atoms with Gasteiger partial charge in [0.2, 0.25) is 0 Å². The fourth-order valence-corrected chi connectivity index (χ4v) is 2.49. The number of urea groups is 1. The highest BCUT2D eigenvalue weighted by atomic mass is 32.1. The number of carbonyl (C=O) groups is 1. The molecule has 2 rings (SSSR count). The number of hydrogen-bond donors (Lipinski definition) is 2. The fraction of sp³-hybridized carbons (Fsp3) is 0.267. The van der Waals surface area contributed by atoms with Crippen molar-refractivity contribution in [2.75, 3.05) is 6.54 Å². The Labute approximate surface area is 131 Å². The van der Waals surface area contributed by atoms with Crippen LogP contribution in [0.25, 0.3) is 0 Å². The van der Waals surface area contributed by atoms with Crippen LogP contribution in [0.5, 0.6) is 0 Å². The number of nitrogens with zero attached hydrogens (tertiary/aromatic N) is 2. The number of nitrogens with one attached hydrogen (secondary N) is 2. The Morgan fingerprint density at radius 3 is 2.95 bits per heavy atom. The summed E-state index contributed by atoms with van der Waals surface area (Å²) in [5.74, 6) is -0.447. The van der Waals surface area contributed by atoms with Gasteiger partial charge in [-0.15, -0.1) is 11.3 Å². The second kappa shape index (κ2) is 7.52. The Hall–Kier alpha value is -2.46. The predicted molar refractivity (Wildman–Crippen MR) is 81.9 cm³/mol. The SMILES string of the molecule is Cc1nc(CCNC(=O)NCc2cc(C#N)ccc2F)cs1. The highest BCUT2D eigenvalue weighted by molar-refractivity contribution is 7.09. The van der Waals surface area contributed by atoms with Crippen LogP contribution in [0.2, 0.25) is 0 Å². The van der Waals surface area contributed by atoms with Gasteiger partial charge in [0.1, 0.15) is 5.82 Å². The number of thiazole rings is 1. The minimum Gasteiger partial charge on any atom is -0.338 e. The van der Waals surface area contributed by atoms with E-state index in [1.165, 1.54) is 18.2 Å². The molecule has 0 aliphatic carbocycles. The van der Waals surface area contributed by atoms with Crippen molar-refractivity contribution in [1.29, 1.82) is 5.26 Å². The molecular formula is C15H15FN4OS. The fourth-order valence-electron chi connectivity index (χ4n) is 1.84. The average molecular weight is 318 g/mol. The Morgan fingerprint density at radius 2 is 2.27 bits per heavy atom. The smallest absolute Gasteiger partial charge is 0.315 e. The van der Waals surface area contributed by atoms with Gasteiger partial charge in [-0.3, -0.25) is 0 Å². The van der Waals surface area contributed by atoms with E-state index in [0.717, 1.165) is 10.7 Å². The molecule has 0 aliphatic heterocycles. The minimum absolute atomic E-state index is 0.0307. The second-order valence-corrected chi connectivity index (χ2v) is 5.70. The lowest BCUT2D eigenvalue weighted by molar-refractivity contribution is 0.240. The van der Waals surface area contributed by atoms with Gasteiger partial charge in [0.15, 0.2) is 0 Å². The number of nitriles is 1. The van der Waals surface area contributed by atoms with Crippen molar-refractivity contribution in [1.82, 2.24) is 15.6 Å². The molecule has 5 nitrogen and oxygen atoms in total. The van der Waals surface area contributed by atoms with E-state index in [4.69, 9.17) is 5.26 Å². The van der Waals surface area contributed by atoms with Crippen molar-refractivity contribution in [2.45, 2.75) is 19.9 Å². The molecule has 2 N–H and O–H groups in total. The molecule has 0 fully saturated rings. The zero-order valence-corrected chi connectivity index (χ0v) is 12.8. The molecule has 0 saturated carbocycles. The lowest BCUT2D eigenvalue weighted by Crippen LogP contribution is -2.36. The van der Waals surface area contributed by atoms with Gasteiger partial charge in [0.25, 0.3) is 0 Å². The van der Waals surface area contributed by atoms with Crippen molar-refractivity contribution >= 4 is 17.4 Å². The van der Waals surface area contributed by atoms with E-state index in [1.807, 2.05) is 18.4 Å². The molecule has 0 atom stereocenters. The molecule has 1 aromatic heterocycles. The van der Waals surface area contributed by atoms with Gasteiger partial charge in [-0.1, -0.05) is 0 Å². The summed E-state index contributed by atoms with van der Waals surface area (Å²) in [4.78, 5) is 15.9. The summed E-state index contributed by atoms with van der Waals surface area (Å²) in [6.07, 6.45) is 0.649. The van der Waals surface area contributed by atoms with Gasteiger partial charge in [-0.2, -0.15) is 5.26 Å². The maximum Gasteiger partial charge on any atom is 0.315 e. The number of benzene rings is 1. The van der Waals surface area contributed by atoms with E-state index < -0.39 is 5.82 Å². The molecule has 2 aromatic rings. The second-order valence-electron chi connectivity index (χ2n) is 4.64. The Bertz CT molecular complexity index is 708. The summed E-state index contributed by atoms with van der Waals surface area (Å²) < 4.78 is 13.5. The maximum atomic E-state index is 13.5. The van der Waals surface area contributed by atoms with Crippen LogP contribution in [0.15, 0.2) is 23.6 Å². The van der Waals surface area contributed by atoms with Crippen LogP contribution in [0.3, 0.4) is 0 Å². The Balaban J connectivity index is 1.77. The first-order valence-corrected chi connectivity index (χ1v) is 7.57. The molecular weight excluding hydrogens is 303 g/mol. The van der Waals surface area contributed by atoms with Crippen molar-refractivity contribution < 1.29 is 9.18 Å². The number of amides is 2. The number of aryl methyl sites for hydroxylation is 1. The molecule has 0 aliphatic rings. The molecule has 114 valence electrons. The number of aromatic nitrogens is 1. The van der Waals surface area contributed by atoms with Crippen LogP contribution < -0.4 is 10.6 Å². The van der Waals surface area contributed by atoms with Crippen molar-refractivity contribution in [3.05, 3.63) is 51.2 Å². The van der Waals surface area contributed by atoms with Crippen molar-refractivity contribution in [3.8, 4) is 6.07 Å². The van der Waals surface area contributed by atoms with Crippen LogP contribution in [-0.2, 0) is 13.0 Å². The highest BCUT2D eigenvalue weighted by Gasteiger charge is 2.06. The number of halogens is 1. The molecule has 0 saturated heterocycles. The largest absolute Gasteiger partial charge is 0.338 e. The van der Waals surface area contributed by atoms with Crippen LogP contribution in [0.1, 0.15) is 21.8 Å². The van der Waals surface area contributed by atoms with Crippen LogP contribution in [0, 0.1) is 24.1 Å². The molecule has 7 heteroatoms. The van der Waals surface area contributed by atoms with Crippen molar-refractivity contribution in [2.24, 2.45) is 0 Å². The quantitative estimate of drug-likeness (QED) is 0.889. The molecule has 0 unspecified atom stereocenters. The topological polar surface area (TPSA) is 77.8 Å². The van der Waals surface area contributed by atoms with Crippen LogP contribution in [-0.4, -0.2) is 17.6 Å². The molecule has 2 amide bonds. The lowest BCUT2D eigenvalue weighted by atomic mass is 10.1. The van der Waals surface area contributed by atoms with Gasteiger partial charge in [-0.05, 0) is 25.1 Å². The number of carbonyl (C=O) groups excluding carboxylic acids is 1. The van der Waals surface area contributed by atoms with E-state index in [1.54, 1.807) is 11.3 Å². The molecule has 1 heterocycles. The van der Waals surface area contributed by atoms with Crippen molar-refractivity contribution in [3.63, 3.8) is 0 Å². The third-order valence-corrected chi connectivity index (χ3v) is 3.77. The summed E-state index contributed by atoms with van der Waals surface area (Å²) in [5.41, 5.74) is 1.58. The molecule has 0 radical (unpaired) electrons. The van der Waals surface area contributed by atoms with Gasteiger partial charge >= 0.3 is 6.03 Å². The number of hydrogen-bond acceptors (Lipinski definition) is 4. The van der Waals surface area contributed by atoms with Crippen LogP contribution in [0.4, 0.5) is 9.18 Å². The minimum atomic E-state index is -0.447. The molecule has 1 aromatic carbocycles. The van der Waals surface area contributed by atoms with Gasteiger partial charge in [0, 0.05) is 30.5 Å². The first-order chi connectivity index (χ1) is 10.6. The third-order valence-electron chi connectivity index (χ3n) is 2.95. The molecule has 0 bridgehead atoms. The Kier molecular flexibility index (Phi) is 5.44. The van der Waals surface area contributed by atoms with Gasteiger partial charge in [-0.25, -0.2) is 14.2 Å². The summed E-state index contributed by atoms with van der Waals surface area (Å²) in [5, 5.41) is 17.0. The molecule has 0 spiro atoms. The van der Waals surface area contributed by atoms with E-state index in [2.05, 4.69) is 15.6 Å². The van der Waals surface area contributed by atoms with E-state index in [9.17, 15) is 9.18 Å². The molecule has 22 heavy (non-hydrogen) atoms. The van der Waals surface area contributed by atoms with Crippen LogP contribution >= 0.6 is 11.3 Å². The number of rotatable bonds is 5. The summed E-state index contributed by atoms with van der Waals surface area (Å²) in [6.45, 7) is 2.41. The predicted octanol–water partition coefficient (Wildman–Crippen LogP) is 2.50. The van der Waals surface area contributed by atoms with E-state index in [-0.39, 0.29) is 18.1 Å². The normalized spacial score (nSPS) is 10.0. The first kappa shape index (κ1) is 15.9. The lowest BCUT2D eigenvalue weighted by Gasteiger charge is -2.08. The maximum absolute atomic E-state index is 13.5. The zero-order chi connectivity index (χ0) is 15.9.